The standard InChI is InChI=1S/C18H25N5OS/c1-9-4-17(23(3)22-9)21-18(24)13-8-16(25-10(13)2)14-7-15(14)20-12-5-11(19)6-12/h4,8,11-12,14-15,20H,5-7,19H2,1-3H3,(H,21,24). The van der Waals surface area contributed by atoms with Crippen molar-refractivity contribution in [2.45, 2.75) is 57.2 Å². The molecule has 0 radical (unpaired) electrons. The molecule has 0 aromatic carbocycles. The minimum absolute atomic E-state index is 0.0573. The van der Waals surface area contributed by atoms with Gasteiger partial charge in [-0.05, 0) is 39.2 Å². The normalized spacial score (nSPS) is 27.8. The second kappa shape index (κ2) is 6.23. The predicted molar refractivity (Wildman–Crippen MR) is 100 cm³/mol. The Morgan fingerprint density at radius 3 is 2.72 bits per heavy atom. The zero-order valence-electron chi connectivity index (χ0n) is 14.9. The Morgan fingerprint density at radius 2 is 2.08 bits per heavy atom. The van der Waals surface area contributed by atoms with Crippen molar-refractivity contribution >= 4 is 23.1 Å². The average Bonchev–Trinajstić information content (AvgIpc) is 3.06. The first-order chi connectivity index (χ1) is 11.9. The predicted octanol–water partition coefficient (Wildman–Crippen LogP) is 2.29. The first-order valence-corrected chi connectivity index (χ1v) is 9.66. The number of rotatable bonds is 5. The Kier molecular flexibility index (Phi) is 4.17. The van der Waals surface area contributed by atoms with Gasteiger partial charge in [0.2, 0.25) is 0 Å². The van der Waals surface area contributed by atoms with Crippen LogP contribution in [-0.2, 0) is 7.05 Å². The third-order valence-corrected chi connectivity index (χ3v) is 6.39. The van der Waals surface area contributed by atoms with Crippen molar-refractivity contribution in [3.05, 3.63) is 33.1 Å². The monoisotopic (exact) mass is 359 g/mol. The summed E-state index contributed by atoms with van der Waals surface area (Å²) in [6.07, 6.45) is 3.34. The minimum atomic E-state index is -0.0573. The third-order valence-electron chi connectivity index (χ3n) is 5.21. The van der Waals surface area contributed by atoms with Gasteiger partial charge in [-0.25, -0.2) is 0 Å². The minimum Gasteiger partial charge on any atom is -0.328 e. The van der Waals surface area contributed by atoms with Crippen LogP contribution in [-0.4, -0.2) is 33.8 Å². The summed E-state index contributed by atoms with van der Waals surface area (Å²) in [5.74, 6) is 1.21. The SMILES string of the molecule is Cc1cc(NC(=O)c2cc(C3CC3NC3CC(N)C3)sc2C)n(C)n1. The number of nitrogens with one attached hydrogen (secondary N) is 2. The lowest BCUT2D eigenvalue weighted by Crippen LogP contribution is -2.49. The van der Waals surface area contributed by atoms with Gasteiger partial charge >= 0.3 is 0 Å². The van der Waals surface area contributed by atoms with Gasteiger partial charge in [-0.1, -0.05) is 0 Å². The highest BCUT2D eigenvalue weighted by Gasteiger charge is 2.42. The summed E-state index contributed by atoms with van der Waals surface area (Å²) in [5, 5.41) is 10.9. The highest BCUT2D eigenvalue weighted by atomic mass is 32.1. The number of hydrogen-bond acceptors (Lipinski definition) is 5. The van der Waals surface area contributed by atoms with Crippen molar-refractivity contribution in [2.24, 2.45) is 12.8 Å². The molecule has 6 nitrogen and oxygen atoms in total. The van der Waals surface area contributed by atoms with E-state index in [-0.39, 0.29) is 5.91 Å². The molecule has 2 aliphatic carbocycles. The molecule has 2 atom stereocenters. The number of anilines is 1. The molecular weight excluding hydrogens is 334 g/mol. The zero-order valence-corrected chi connectivity index (χ0v) is 15.7. The Morgan fingerprint density at radius 1 is 1.32 bits per heavy atom. The number of nitrogens with zero attached hydrogens (tertiary/aromatic N) is 2. The van der Waals surface area contributed by atoms with E-state index in [9.17, 15) is 4.79 Å². The van der Waals surface area contributed by atoms with Crippen LogP contribution in [0.3, 0.4) is 0 Å². The number of amides is 1. The summed E-state index contributed by atoms with van der Waals surface area (Å²) in [5.41, 5.74) is 7.52. The van der Waals surface area contributed by atoms with Gasteiger partial charge in [-0.15, -0.1) is 11.3 Å². The van der Waals surface area contributed by atoms with Crippen LogP contribution < -0.4 is 16.4 Å². The van der Waals surface area contributed by atoms with Crippen LogP contribution in [0.15, 0.2) is 12.1 Å². The fourth-order valence-corrected chi connectivity index (χ4v) is 4.82. The van der Waals surface area contributed by atoms with E-state index in [1.807, 2.05) is 27.0 Å². The lowest BCUT2D eigenvalue weighted by molar-refractivity contribution is 0.102. The molecule has 25 heavy (non-hydrogen) atoms. The highest BCUT2D eigenvalue weighted by molar-refractivity contribution is 7.12. The molecule has 2 saturated carbocycles. The van der Waals surface area contributed by atoms with Gasteiger partial charge in [0, 0.05) is 46.9 Å². The van der Waals surface area contributed by atoms with Crippen LogP contribution in [0.5, 0.6) is 0 Å². The molecule has 0 saturated heterocycles. The summed E-state index contributed by atoms with van der Waals surface area (Å²) in [6, 6.07) is 5.46. The molecule has 7 heteroatoms. The summed E-state index contributed by atoms with van der Waals surface area (Å²) in [7, 11) is 1.83. The Bertz CT molecular complexity index is 804. The van der Waals surface area contributed by atoms with Crippen LogP contribution in [0.4, 0.5) is 5.82 Å². The smallest absolute Gasteiger partial charge is 0.257 e. The number of carbonyl (C=O) groups excluding carboxylic acids is 1. The Labute approximate surface area is 151 Å². The molecule has 134 valence electrons. The van der Waals surface area contributed by atoms with Crippen molar-refractivity contribution in [1.82, 2.24) is 15.1 Å². The molecule has 1 amide bonds. The van der Waals surface area contributed by atoms with Crippen molar-refractivity contribution in [2.75, 3.05) is 5.32 Å². The van der Waals surface area contributed by atoms with Crippen LogP contribution >= 0.6 is 11.3 Å². The molecule has 2 aromatic rings. The molecular formula is C18H25N5OS. The van der Waals surface area contributed by atoms with E-state index < -0.39 is 0 Å². The fourth-order valence-electron chi connectivity index (χ4n) is 3.62. The zero-order chi connectivity index (χ0) is 17.7. The van der Waals surface area contributed by atoms with E-state index in [0.29, 0.717) is 24.0 Å². The van der Waals surface area contributed by atoms with Crippen LogP contribution in [0, 0.1) is 13.8 Å². The quantitative estimate of drug-likeness (QED) is 0.765. The van der Waals surface area contributed by atoms with Crippen molar-refractivity contribution < 1.29 is 4.79 Å². The van der Waals surface area contributed by atoms with E-state index in [1.54, 1.807) is 16.0 Å². The van der Waals surface area contributed by atoms with Crippen LogP contribution in [0.25, 0.3) is 0 Å². The third kappa shape index (κ3) is 3.36. The molecule has 2 fully saturated rings. The van der Waals surface area contributed by atoms with Crippen molar-refractivity contribution in [1.29, 1.82) is 0 Å². The Balaban J connectivity index is 1.40. The highest BCUT2D eigenvalue weighted by Crippen LogP contribution is 2.45. The molecule has 0 bridgehead atoms. The lowest BCUT2D eigenvalue weighted by Gasteiger charge is -2.33. The van der Waals surface area contributed by atoms with E-state index >= 15 is 0 Å². The average molecular weight is 359 g/mol. The largest absolute Gasteiger partial charge is 0.328 e. The van der Waals surface area contributed by atoms with Gasteiger partial charge in [0.15, 0.2) is 0 Å². The van der Waals surface area contributed by atoms with Gasteiger partial charge in [0.25, 0.3) is 5.91 Å². The fraction of sp³-hybridized carbons (Fsp3) is 0.556. The molecule has 0 spiro atoms. The summed E-state index contributed by atoms with van der Waals surface area (Å²) in [4.78, 5) is 15.0. The number of carbonyl (C=O) groups is 1. The summed E-state index contributed by atoms with van der Waals surface area (Å²) in [6.45, 7) is 3.94. The summed E-state index contributed by atoms with van der Waals surface area (Å²) >= 11 is 1.74. The topological polar surface area (TPSA) is 85.0 Å². The first-order valence-electron chi connectivity index (χ1n) is 8.84. The molecule has 2 unspecified atom stereocenters. The second-order valence-corrected chi connectivity index (χ2v) is 8.70. The van der Waals surface area contributed by atoms with Gasteiger partial charge in [0.05, 0.1) is 11.3 Å². The lowest BCUT2D eigenvalue weighted by atomic mass is 9.87. The van der Waals surface area contributed by atoms with Gasteiger partial charge in [-0.3, -0.25) is 9.48 Å². The van der Waals surface area contributed by atoms with Crippen molar-refractivity contribution in [3.8, 4) is 0 Å². The number of nitrogens with two attached hydrogens (primary N) is 1. The molecule has 2 heterocycles. The van der Waals surface area contributed by atoms with Gasteiger partial charge < -0.3 is 16.4 Å². The summed E-state index contributed by atoms with van der Waals surface area (Å²) < 4.78 is 1.69. The van der Waals surface area contributed by atoms with Crippen LogP contribution in [0.2, 0.25) is 0 Å². The van der Waals surface area contributed by atoms with Crippen molar-refractivity contribution in [3.63, 3.8) is 0 Å². The number of thiophene rings is 1. The molecule has 2 aromatic heterocycles. The maximum atomic E-state index is 12.6. The molecule has 2 aliphatic rings. The maximum absolute atomic E-state index is 12.6. The van der Waals surface area contributed by atoms with E-state index in [1.165, 1.54) is 4.88 Å². The van der Waals surface area contributed by atoms with E-state index in [0.717, 1.165) is 41.2 Å². The van der Waals surface area contributed by atoms with E-state index in [4.69, 9.17) is 5.73 Å². The maximum Gasteiger partial charge on any atom is 0.257 e. The number of aryl methyl sites for hydroxylation is 3. The number of hydrogen-bond donors (Lipinski definition) is 3. The van der Waals surface area contributed by atoms with Crippen LogP contribution in [0.1, 0.15) is 51.0 Å². The molecule has 4 N–H and O–H groups in total. The van der Waals surface area contributed by atoms with E-state index in [2.05, 4.69) is 21.8 Å². The second-order valence-electron chi connectivity index (χ2n) is 7.41. The molecule has 4 rings (SSSR count). The van der Waals surface area contributed by atoms with Gasteiger partial charge in [-0.2, -0.15) is 5.10 Å². The Hall–Kier alpha value is -1.70. The first kappa shape index (κ1) is 16.8. The molecule has 0 aliphatic heterocycles. The van der Waals surface area contributed by atoms with Gasteiger partial charge in [0.1, 0.15) is 5.82 Å². The number of aromatic nitrogens is 2.